The number of amides is 1. The van der Waals surface area contributed by atoms with Crippen LogP contribution in [0.4, 0.5) is 0 Å². The van der Waals surface area contributed by atoms with Crippen molar-refractivity contribution in [1.29, 1.82) is 0 Å². The Morgan fingerprint density at radius 3 is 2.33 bits per heavy atom. The van der Waals surface area contributed by atoms with Crippen molar-refractivity contribution >= 4 is 11.7 Å². The van der Waals surface area contributed by atoms with Crippen molar-refractivity contribution in [2.45, 2.75) is 33.3 Å². The monoisotopic (exact) mass is 217 g/mol. The Labute approximate surface area is 89.5 Å². The average molecular weight is 217 g/mol. The van der Waals surface area contributed by atoms with Crippen molar-refractivity contribution in [2.24, 2.45) is 5.41 Å². The van der Waals surface area contributed by atoms with E-state index in [2.05, 4.69) is 5.32 Å². The molecular weight excluding hydrogens is 198 g/mol. The number of hydrogen-bond donors (Lipinski definition) is 3. The number of aliphatic hydroxyl groups is 2. The zero-order valence-corrected chi connectivity index (χ0v) is 9.41. The number of carbonyl (C=O) groups is 2. The van der Waals surface area contributed by atoms with Gasteiger partial charge < -0.3 is 15.5 Å². The largest absolute Gasteiger partial charge is 0.396 e. The predicted molar refractivity (Wildman–Crippen MR) is 55.2 cm³/mol. The molecule has 5 nitrogen and oxygen atoms in total. The summed E-state index contributed by atoms with van der Waals surface area (Å²) in [6.45, 7) is 4.53. The summed E-state index contributed by atoms with van der Waals surface area (Å²) in [6.07, 6.45) is -1.02. The molecule has 0 saturated heterocycles. The van der Waals surface area contributed by atoms with Gasteiger partial charge in [-0.1, -0.05) is 13.8 Å². The van der Waals surface area contributed by atoms with Gasteiger partial charge >= 0.3 is 0 Å². The number of Topliss-reactive ketones (excluding diaryl/α,β-unsaturated/α-hetero) is 1. The molecule has 1 unspecified atom stereocenters. The number of rotatable bonds is 6. The number of hydrogen-bond acceptors (Lipinski definition) is 4. The molecular formula is C10H19NO4. The van der Waals surface area contributed by atoms with Gasteiger partial charge in [-0.15, -0.1) is 0 Å². The molecule has 0 bridgehead atoms. The van der Waals surface area contributed by atoms with Crippen molar-refractivity contribution in [2.75, 3.05) is 13.2 Å². The molecule has 88 valence electrons. The lowest BCUT2D eigenvalue weighted by Gasteiger charge is -2.27. The van der Waals surface area contributed by atoms with Crippen LogP contribution in [0.3, 0.4) is 0 Å². The van der Waals surface area contributed by atoms with Crippen LogP contribution < -0.4 is 5.32 Å². The lowest BCUT2D eigenvalue weighted by atomic mass is 9.87. The first-order chi connectivity index (χ1) is 6.81. The van der Waals surface area contributed by atoms with Crippen molar-refractivity contribution in [3.05, 3.63) is 0 Å². The Bertz CT molecular complexity index is 238. The third-order valence-electron chi connectivity index (χ3n) is 2.17. The average Bonchev–Trinajstić information content (AvgIpc) is 2.15. The highest BCUT2D eigenvalue weighted by atomic mass is 16.3. The maximum absolute atomic E-state index is 11.3. The number of ketones is 1. The maximum Gasteiger partial charge on any atom is 0.249 e. The molecule has 0 radical (unpaired) electrons. The Hall–Kier alpha value is -0.940. The van der Waals surface area contributed by atoms with E-state index in [0.29, 0.717) is 0 Å². The van der Waals surface area contributed by atoms with E-state index < -0.39 is 17.4 Å². The predicted octanol–water partition coefficient (Wildman–Crippen LogP) is -0.539. The van der Waals surface area contributed by atoms with E-state index in [1.165, 1.54) is 6.92 Å². The quantitative estimate of drug-likeness (QED) is 0.557. The zero-order valence-electron chi connectivity index (χ0n) is 9.41. The Balaban J connectivity index is 4.05. The third-order valence-corrected chi connectivity index (χ3v) is 2.17. The lowest BCUT2D eigenvalue weighted by molar-refractivity contribution is -0.137. The number of nitrogens with one attached hydrogen (secondary N) is 1. The minimum Gasteiger partial charge on any atom is -0.396 e. The Morgan fingerprint density at radius 1 is 1.40 bits per heavy atom. The molecule has 0 aliphatic heterocycles. The lowest BCUT2D eigenvalue weighted by Crippen LogP contribution is -2.45. The van der Waals surface area contributed by atoms with Gasteiger partial charge in [0, 0.05) is 18.4 Å². The van der Waals surface area contributed by atoms with E-state index in [-0.39, 0.29) is 25.4 Å². The first-order valence-electron chi connectivity index (χ1n) is 4.87. The van der Waals surface area contributed by atoms with Crippen molar-refractivity contribution < 1.29 is 19.8 Å². The molecule has 0 aliphatic carbocycles. The van der Waals surface area contributed by atoms with Gasteiger partial charge in [0.1, 0.15) is 11.9 Å². The normalized spacial score (nSPS) is 13.4. The molecule has 0 aromatic heterocycles. The molecule has 0 rings (SSSR count). The molecule has 3 N–H and O–H groups in total. The van der Waals surface area contributed by atoms with E-state index in [0.717, 1.165) is 0 Å². The summed E-state index contributed by atoms with van der Waals surface area (Å²) in [4.78, 5) is 21.9. The van der Waals surface area contributed by atoms with E-state index in [4.69, 9.17) is 5.11 Å². The van der Waals surface area contributed by atoms with Gasteiger partial charge in [0.05, 0.1) is 6.61 Å². The Morgan fingerprint density at radius 2 is 1.93 bits per heavy atom. The summed E-state index contributed by atoms with van der Waals surface area (Å²) >= 11 is 0. The summed E-state index contributed by atoms with van der Waals surface area (Å²) in [5.41, 5.74) is -0.875. The molecule has 1 amide bonds. The van der Waals surface area contributed by atoms with Crippen LogP contribution in [-0.4, -0.2) is 41.2 Å². The van der Waals surface area contributed by atoms with Crippen molar-refractivity contribution in [3.8, 4) is 0 Å². The van der Waals surface area contributed by atoms with Gasteiger partial charge in [-0.3, -0.25) is 9.59 Å². The highest BCUT2D eigenvalue weighted by Crippen LogP contribution is 2.19. The second-order valence-corrected chi connectivity index (χ2v) is 4.29. The molecule has 0 fully saturated rings. The topological polar surface area (TPSA) is 86.6 Å². The van der Waals surface area contributed by atoms with Crippen LogP contribution in [0.5, 0.6) is 0 Å². The maximum atomic E-state index is 11.3. The van der Waals surface area contributed by atoms with Crippen molar-refractivity contribution in [3.63, 3.8) is 0 Å². The first kappa shape index (κ1) is 14.1. The smallest absolute Gasteiger partial charge is 0.249 e. The van der Waals surface area contributed by atoms with Crippen LogP contribution in [0.15, 0.2) is 0 Å². The summed E-state index contributed by atoms with van der Waals surface area (Å²) in [5, 5.41) is 20.9. The summed E-state index contributed by atoms with van der Waals surface area (Å²) < 4.78 is 0. The van der Waals surface area contributed by atoms with Crippen molar-refractivity contribution in [1.82, 2.24) is 5.32 Å². The van der Waals surface area contributed by atoms with Gasteiger partial charge in [-0.05, 0) is 6.92 Å². The van der Waals surface area contributed by atoms with E-state index >= 15 is 0 Å². The summed E-state index contributed by atoms with van der Waals surface area (Å²) in [6, 6.07) is 0. The van der Waals surface area contributed by atoms with Gasteiger partial charge in [0.15, 0.2) is 0 Å². The minimum atomic E-state index is -1.27. The Kier molecular flexibility index (Phi) is 5.46. The fourth-order valence-electron chi connectivity index (χ4n) is 0.900. The minimum absolute atomic E-state index is 0.0220. The fraction of sp³-hybridized carbons (Fsp3) is 0.800. The van der Waals surface area contributed by atoms with Gasteiger partial charge in [-0.2, -0.15) is 0 Å². The number of aliphatic hydroxyl groups excluding tert-OH is 2. The summed E-state index contributed by atoms with van der Waals surface area (Å²) in [7, 11) is 0. The SMILES string of the molecule is CC(=O)CCNC(=O)C(O)C(C)(C)CO. The van der Waals surface area contributed by atoms with Crippen LogP contribution >= 0.6 is 0 Å². The van der Waals surface area contributed by atoms with Crippen LogP contribution in [0, 0.1) is 5.41 Å². The zero-order chi connectivity index (χ0) is 12.1. The molecule has 0 heterocycles. The molecule has 1 atom stereocenters. The van der Waals surface area contributed by atoms with Gasteiger partial charge in [-0.25, -0.2) is 0 Å². The molecule has 0 spiro atoms. The molecule has 0 saturated carbocycles. The van der Waals surface area contributed by atoms with Crippen LogP contribution in [0.1, 0.15) is 27.2 Å². The van der Waals surface area contributed by atoms with Crippen LogP contribution in [-0.2, 0) is 9.59 Å². The first-order valence-corrected chi connectivity index (χ1v) is 4.87. The third kappa shape index (κ3) is 4.90. The molecule has 0 aromatic carbocycles. The van der Waals surface area contributed by atoms with E-state index in [1.807, 2.05) is 0 Å². The second-order valence-electron chi connectivity index (χ2n) is 4.29. The van der Waals surface area contributed by atoms with Crippen LogP contribution in [0.25, 0.3) is 0 Å². The highest BCUT2D eigenvalue weighted by molar-refractivity contribution is 5.82. The highest BCUT2D eigenvalue weighted by Gasteiger charge is 2.32. The summed E-state index contributed by atoms with van der Waals surface area (Å²) in [5.74, 6) is -0.582. The van der Waals surface area contributed by atoms with E-state index in [1.54, 1.807) is 13.8 Å². The van der Waals surface area contributed by atoms with E-state index in [9.17, 15) is 14.7 Å². The second kappa shape index (κ2) is 5.82. The van der Waals surface area contributed by atoms with Gasteiger partial charge in [0.25, 0.3) is 0 Å². The molecule has 0 aromatic rings. The molecule has 5 heteroatoms. The molecule has 0 aliphatic rings. The standard InChI is InChI=1S/C10H19NO4/c1-7(13)4-5-11-9(15)8(14)10(2,3)6-12/h8,12,14H,4-6H2,1-3H3,(H,11,15). The van der Waals surface area contributed by atoms with Gasteiger partial charge in [0.2, 0.25) is 5.91 Å². The number of carbonyl (C=O) groups excluding carboxylic acids is 2. The van der Waals surface area contributed by atoms with Crippen LogP contribution in [0.2, 0.25) is 0 Å². The molecule has 15 heavy (non-hydrogen) atoms. The fourth-order valence-corrected chi connectivity index (χ4v) is 0.900.